The molecule has 0 saturated carbocycles. The van der Waals surface area contributed by atoms with Crippen molar-refractivity contribution >= 4 is 17.4 Å². The smallest absolute Gasteiger partial charge is 0.225 e. The van der Waals surface area contributed by atoms with E-state index < -0.39 is 0 Å². The van der Waals surface area contributed by atoms with E-state index in [0.29, 0.717) is 12.8 Å². The van der Waals surface area contributed by atoms with Gasteiger partial charge in [-0.2, -0.15) is 5.10 Å². The third kappa shape index (κ3) is 3.01. The van der Waals surface area contributed by atoms with Crippen molar-refractivity contribution in [3.63, 3.8) is 0 Å². The van der Waals surface area contributed by atoms with E-state index in [2.05, 4.69) is 22.6 Å². The van der Waals surface area contributed by atoms with Crippen molar-refractivity contribution in [3.05, 3.63) is 66.2 Å². The van der Waals surface area contributed by atoms with E-state index in [1.807, 2.05) is 60.5 Å². The first-order chi connectivity index (χ1) is 10.8. The lowest BCUT2D eigenvalue weighted by Gasteiger charge is -2.23. The third-order valence-electron chi connectivity index (χ3n) is 3.72. The molecule has 3 rings (SSSR count). The summed E-state index contributed by atoms with van der Waals surface area (Å²) >= 11 is 0. The summed E-state index contributed by atoms with van der Waals surface area (Å²) in [5, 5.41) is 9.51. The van der Waals surface area contributed by atoms with E-state index in [0.717, 1.165) is 11.5 Å². The van der Waals surface area contributed by atoms with Gasteiger partial charge in [0.25, 0.3) is 0 Å². The molecule has 0 fully saturated rings. The molecule has 112 valence electrons. The molecule has 2 aromatic rings. The van der Waals surface area contributed by atoms with Gasteiger partial charge in [0.1, 0.15) is 5.84 Å². The summed E-state index contributed by atoms with van der Waals surface area (Å²) in [4.78, 5) is 11.6. The van der Waals surface area contributed by atoms with Crippen LogP contribution in [0.1, 0.15) is 31.4 Å². The van der Waals surface area contributed by atoms with Crippen LogP contribution in [-0.4, -0.2) is 11.7 Å². The Kier molecular flexibility index (Phi) is 4.19. The van der Waals surface area contributed by atoms with Crippen molar-refractivity contribution in [1.82, 2.24) is 5.32 Å². The highest BCUT2D eigenvalue weighted by Crippen LogP contribution is 2.34. The van der Waals surface area contributed by atoms with Gasteiger partial charge in [-0.05, 0) is 17.7 Å². The van der Waals surface area contributed by atoms with Gasteiger partial charge in [0.2, 0.25) is 5.91 Å². The molecule has 4 heteroatoms. The number of carbonyl (C=O) groups is 1. The number of nitrogens with one attached hydrogen (secondary N) is 1. The normalized spacial score (nSPS) is 17.2. The molecule has 1 aliphatic heterocycles. The number of carbonyl (C=O) groups excluding carboxylic acids is 1. The van der Waals surface area contributed by atoms with Crippen molar-refractivity contribution in [1.29, 1.82) is 0 Å². The zero-order valence-corrected chi connectivity index (χ0v) is 12.6. The van der Waals surface area contributed by atoms with Gasteiger partial charge in [0.05, 0.1) is 11.7 Å². The monoisotopic (exact) mass is 293 g/mol. The lowest BCUT2D eigenvalue weighted by atomic mass is 10.0. The van der Waals surface area contributed by atoms with Crippen LogP contribution in [0.4, 0.5) is 5.69 Å². The van der Waals surface area contributed by atoms with Gasteiger partial charge in [-0.1, -0.05) is 55.5 Å². The van der Waals surface area contributed by atoms with Crippen molar-refractivity contribution in [2.75, 3.05) is 5.01 Å². The molecule has 0 aliphatic carbocycles. The van der Waals surface area contributed by atoms with Crippen LogP contribution in [0.5, 0.6) is 0 Å². The van der Waals surface area contributed by atoms with Crippen LogP contribution in [-0.2, 0) is 4.79 Å². The summed E-state index contributed by atoms with van der Waals surface area (Å²) in [7, 11) is 0. The van der Waals surface area contributed by atoms with Gasteiger partial charge < -0.3 is 5.32 Å². The van der Waals surface area contributed by atoms with Crippen molar-refractivity contribution in [2.24, 2.45) is 5.10 Å². The van der Waals surface area contributed by atoms with Gasteiger partial charge in [0, 0.05) is 12.8 Å². The molecule has 2 aromatic carbocycles. The largest absolute Gasteiger partial charge is 0.313 e. The number of nitrogens with zero attached hydrogens (tertiary/aromatic N) is 2. The summed E-state index contributed by atoms with van der Waals surface area (Å²) in [5.74, 6) is 0.727. The average molecular weight is 293 g/mol. The van der Waals surface area contributed by atoms with Gasteiger partial charge in [0.15, 0.2) is 0 Å². The lowest BCUT2D eigenvalue weighted by molar-refractivity contribution is -0.119. The second-order valence-corrected chi connectivity index (χ2v) is 5.26. The number of hydrogen-bond donors (Lipinski definition) is 1. The van der Waals surface area contributed by atoms with Crippen molar-refractivity contribution < 1.29 is 4.79 Å². The molecule has 0 saturated heterocycles. The molecule has 1 aliphatic rings. The summed E-state index contributed by atoms with van der Waals surface area (Å²) in [5.41, 5.74) is 2.22. The highest BCUT2D eigenvalue weighted by Gasteiger charge is 2.29. The summed E-state index contributed by atoms with van der Waals surface area (Å²) in [6.07, 6.45) is 1.16. The molecular weight excluding hydrogens is 274 g/mol. The Hall–Kier alpha value is -2.62. The Balaban J connectivity index is 1.91. The quantitative estimate of drug-likeness (QED) is 0.941. The summed E-state index contributed by atoms with van der Waals surface area (Å²) < 4.78 is 0. The Morgan fingerprint density at radius 3 is 2.41 bits per heavy atom. The molecule has 1 amide bonds. The van der Waals surface area contributed by atoms with E-state index in [1.165, 1.54) is 5.56 Å². The maximum absolute atomic E-state index is 11.6. The zero-order chi connectivity index (χ0) is 15.4. The van der Waals surface area contributed by atoms with Crippen LogP contribution in [0, 0.1) is 0 Å². The first kappa shape index (κ1) is 14.3. The van der Waals surface area contributed by atoms with E-state index in [1.54, 1.807) is 0 Å². The van der Waals surface area contributed by atoms with Crippen LogP contribution < -0.4 is 10.3 Å². The third-order valence-corrected chi connectivity index (χ3v) is 3.72. The first-order valence-corrected chi connectivity index (χ1v) is 7.54. The van der Waals surface area contributed by atoms with Crippen molar-refractivity contribution in [3.8, 4) is 0 Å². The summed E-state index contributed by atoms with van der Waals surface area (Å²) in [6, 6.07) is 20.4. The van der Waals surface area contributed by atoms with Gasteiger partial charge in [-0.3, -0.25) is 9.80 Å². The molecule has 1 heterocycles. The number of anilines is 1. The Bertz CT molecular complexity index is 667. The van der Waals surface area contributed by atoms with Crippen LogP contribution in [0.15, 0.2) is 65.8 Å². The fourth-order valence-electron chi connectivity index (χ4n) is 2.59. The topological polar surface area (TPSA) is 44.7 Å². The molecule has 1 unspecified atom stereocenters. The van der Waals surface area contributed by atoms with E-state index in [-0.39, 0.29) is 11.9 Å². The SMILES string of the molecule is CCC(=O)NC1=NN(c2ccccc2)C(c2ccccc2)C1. The number of para-hydroxylation sites is 1. The molecule has 22 heavy (non-hydrogen) atoms. The highest BCUT2D eigenvalue weighted by molar-refractivity contribution is 6.00. The molecule has 0 bridgehead atoms. The lowest BCUT2D eigenvalue weighted by Crippen LogP contribution is -2.28. The minimum absolute atomic E-state index is 0.000438. The maximum atomic E-state index is 11.6. The average Bonchev–Trinajstić information content (AvgIpc) is 3.00. The fraction of sp³-hybridized carbons (Fsp3) is 0.222. The van der Waals surface area contributed by atoms with E-state index >= 15 is 0 Å². The number of amidine groups is 1. The zero-order valence-electron chi connectivity index (χ0n) is 12.6. The second kappa shape index (κ2) is 6.43. The van der Waals surface area contributed by atoms with Gasteiger partial charge in [-0.15, -0.1) is 0 Å². The van der Waals surface area contributed by atoms with Crippen LogP contribution >= 0.6 is 0 Å². The maximum Gasteiger partial charge on any atom is 0.225 e. The standard InChI is InChI=1S/C18H19N3O/c1-2-18(22)19-17-13-16(14-9-5-3-6-10-14)21(20-17)15-11-7-4-8-12-15/h3-12,16H,2,13H2,1H3,(H,19,20,22). The molecule has 1 atom stereocenters. The predicted molar refractivity (Wildman–Crippen MR) is 88.6 cm³/mol. The van der Waals surface area contributed by atoms with Gasteiger partial charge in [-0.25, -0.2) is 0 Å². The Labute approximate surface area is 130 Å². The number of rotatable bonds is 3. The highest BCUT2D eigenvalue weighted by atomic mass is 16.1. The van der Waals surface area contributed by atoms with Crippen LogP contribution in [0.2, 0.25) is 0 Å². The Morgan fingerprint density at radius 2 is 1.77 bits per heavy atom. The second-order valence-electron chi connectivity index (χ2n) is 5.26. The van der Waals surface area contributed by atoms with Crippen LogP contribution in [0.3, 0.4) is 0 Å². The number of hydrazone groups is 1. The molecule has 0 radical (unpaired) electrons. The molecular formula is C18H19N3O. The molecule has 4 nitrogen and oxygen atoms in total. The Morgan fingerprint density at radius 1 is 1.14 bits per heavy atom. The first-order valence-electron chi connectivity index (χ1n) is 7.54. The summed E-state index contributed by atoms with van der Waals surface area (Å²) in [6.45, 7) is 1.84. The van der Waals surface area contributed by atoms with Gasteiger partial charge >= 0.3 is 0 Å². The predicted octanol–water partition coefficient (Wildman–Crippen LogP) is 3.48. The van der Waals surface area contributed by atoms with Crippen LogP contribution in [0.25, 0.3) is 0 Å². The fourth-order valence-corrected chi connectivity index (χ4v) is 2.59. The molecule has 0 spiro atoms. The number of hydrogen-bond acceptors (Lipinski definition) is 3. The van der Waals surface area contributed by atoms with Crippen molar-refractivity contribution in [2.45, 2.75) is 25.8 Å². The molecule has 1 N–H and O–H groups in total. The molecule has 0 aromatic heterocycles. The minimum atomic E-state index is 0.000438. The van der Waals surface area contributed by atoms with E-state index in [4.69, 9.17) is 0 Å². The number of benzene rings is 2. The number of amides is 1. The minimum Gasteiger partial charge on any atom is -0.313 e. The van der Waals surface area contributed by atoms with E-state index in [9.17, 15) is 4.79 Å².